The molecule has 1 nitrogen and oxygen atoms in total. The molecule has 78 valence electrons. The predicted octanol–water partition coefficient (Wildman–Crippen LogP) is 3.49. The fraction of sp³-hybridized carbons (Fsp3) is 0.769. The summed E-state index contributed by atoms with van der Waals surface area (Å²) in [5.74, 6) is 1.43. The van der Waals surface area contributed by atoms with Crippen molar-refractivity contribution in [1.29, 1.82) is 0 Å². The summed E-state index contributed by atoms with van der Waals surface area (Å²) in [5.41, 5.74) is 2.77. The Morgan fingerprint density at radius 1 is 1.07 bits per heavy atom. The molecule has 1 heteroatoms. The summed E-state index contributed by atoms with van der Waals surface area (Å²) in [6, 6.07) is 0. The van der Waals surface area contributed by atoms with Crippen molar-refractivity contribution in [2.45, 2.75) is 52.4 Å². The fourth-order valence-corrected chi connectivity index (χ4v) is 3.27. The molecule has 0 amide bonds. The van der Waals surface area contributed by atoms with Crippen molar-refractivity contribution < 1.29 is 4.79 Å². The molecule has 0 bridgehead atoms. The zero-order valence-corrected chi connectivity index (χ0v) is 9.31. The average Bonchev–Trinajstić information content (AvgIpc) is 2.51. The molecule has 14 heavy (non-hydrogen) atoms. The minimum atomic E-state index is 0.336. The molecule has 0 aromatic rings. The molecule has 0 saturated carbocycles. The summed E-state index contributed by atoms with van der Waals surface area (Å²) in [7, 11) is 0. The second-order valence-corrected chi connectivity index (χ2v) is 4.60. The summed E-state index contributed by atoms with van der Waals surface area (Å²) in [5, 5.41) is 0. The van der Waals surface area contributed by atoms with Gasteiger partial charge in [0.15, 0.2) is 5.78 Å². The van der Waals surface area contributed by atoms with Gasteiger partial charge in [0.05, 0.1) is 0 Å². The van der Waals surface area contributed by atoms with E-state index in [-0.39, 0.29) is 0 Å². The van der Waals surface area contributed by atoms with Crippen LogP contribution in [0.2, 0.25) is 0 Å². The third-order valence-electron chi connectivity index (χ3n) is 3.96. The van der Waals surface area contributed by atoms with Gasteiger partial charge < -0.3 is 0 Å². The first-order chi connectivity index (χ1) is 6.79. The molecule has 0 aromatic carbocycles. The van der Waals surface area contributed by atoms with Crippen LogP contribution in [0.3, 0.4) is 0 Å². The molecular weight excluding hydrogens is 172 g/mol. The number of hydrogen-bond acceptors (Lipinski definition) is 1. The number of ketones is 1. The van der Waals surface area contributed by atoms with E-state index in [0.29, 0.717) is 17.6 Å². The van der Waals surface area contributed by atoms with Crippen LogP contribution in [0.15, 0.2) is 11.1 Å². The number of Topliss-reactive ketones (excluding diaryl/α,β-unsaturated/α-hetero) is 1. The second-order valence-electron chi connectivity index (χ2n) is 4.60. The van der Waals surface area contributed by atoms with Crippen LogP contribution in [0.25, 0.3) is 0 Å². The summed E-state index contributed by atoms with van der Waals surface area (Å²) in [6.45, 7) is 4.38. The van der Waals surface area contributed by atoms with Crippen molar-refractivity contribution >= 4 is 5.78 Å². The van der Waals surface area contributed by atoms with Crippen LogP contribution in [0, 0.1) is 11.8 Å². The van der Waals surface area contributed by atoms with Crippen LogP contribution >= 0.6 is 0 Å². The van der Waals surface area contributed by atoms with Crippen molar-refractivity contribution in [1.82, 2.24) is 0 Å². The van der Waals surface area contributed by atoms with Gasteiger partial charge in [0.1, 0.15) is 0 Å². The lowest BCUT2D eigenvalue weighted by atomic mass is 9.84. The molecule has 0 N–H and O–H groups in total. The van der Waals surface area contributed by atoms with Gasteiger partial charge in [-0.1, -0.05) is 19.4 Å². The average molecular weight is 192 g/mol. The maximum atomic E-state index is 12.1. The van der Waals surface area contributed by atoms with Gasteiger partial charge in [-0.05, 0) is 50.0 Å². The molecule has 0 aromatic heterocycles. The number of carbonyl (C=O) groups excluding carboxylic acids is 1. The van der Waals surface area contributed by atoms with E-state index >= 15 is 0 Å². The van der Waals surface area contributed by atoms with Crippen LogP contribution < -0.4 is 0 Å². The van der Waals surface area contributed by atoms with Gasteiger partial charge in [-0.25, -0.2) is 0 Å². The van der Waals surface area contributed by atoms with E-state index in [1.54, 1.807) is 0 Å². The Bertz CT molecular complexity index is 275. The van der Waals surface area contributed by atoms with E-state index in [1.165, 1.54) is 30.4 Å². The van der Waals surface area contributed by atoms with E-state index in [9.17, 15) is 4.79 Å². The molecule has 0 aliphatic heterocycles. The molecule has 0 spiro atoms. The standard InChI is InChI=1S/C13H20O/c1-3-9-10(4-2)13(14)12-8-6-5-7-11(9)12/h9-10H,3-8H2,1-2H3. The molecule has 0 heterocycles. The number of rotatable bonds is 2. The highest BCUT2D eigenvalue weighted by atomic mass is 16.1. The second kappa shape index (κ2) is 3.88. The number of allylic oxidation sites excluding steroid dienone is 2. The van der Waals surface area contributed by atoms with Gasteiger partial charge in [0, 0.05) is 5.92 Å². The van der Waals surface area contributed by atoms with Gasteiger partial charge in [0.25, 0.3) is 0 Å². The number of carbonyl (C=O) groups is 1. The molecule has 2 aliphatic rings. The van der Waals surface area contributed by atoms with Crippen LogP contribution in [-0.2, 0) is 4.79 Å². The molecule has 2 aliphatic carbocycles. The highest BCUT2D eigenvalue weighted by Crippen LogP contribution is 2.44. The summed E-state index contributed by atoms with van der Waals surface area (Å²) < 4.78 is 0. The zero-order valence-electron chi connectivity index (χ0n) is 9.31. The lowest BCUT2D eigenvalue weighted by Crippen LogP contribution is -2.16. The smallest absolute Gasteiger partial charge is 0.162 e. The SMILES string of the molecule is CCC1C(=O)C2=C(CCCC2)C1CC. The van der Waals surface area contributed by atoms with Gasteiger partial charge in [-0.15, -0.1) is 0 Å². The molecule has 2 rings (SSSR count). The Morgan fingerprint density at radius 2 is 1.71 bits per heavy atom. The molecule has 2 atom stereocenters. The molecule has 2 unspecified atom stereocenters. The van der Waals surface area contributed by atoms with E-state index < -0.39 is 0 Å². The quantitative estimate of drug-likeness (QED) is 0.654. The van der Waals surface area contributed by atoms with Crippen LogP contribution in [0.4, 0.5) is 0 Å². The van der Waals surface area contributed by atoms with Crippen molar-refractivity contribution in [3.8, 4) is 0 Å². The maximum absolute atomic E-state index is 12.1. The molecule has 0 saturated heterocycles. The van der Waals surface area contributed by atoms with Crippen molar-refractivity contribution in [3.63, 3.8) is 0 Å². The first-order valence-corrected chi connectivity index (χ1v) is 6.05. The van der Waals surface area contributed by atoms with Crippen molar-refractivity contribution in [2.24, 2.45) is 11.8 Å². The Morgan fingerprint density at radius 3 is 2.36 bits per heavy atom. The predicted molar refractivity (Wildman–Crippen MR) is 58.1 cm³/mol. The summed E-state index contributed by atoms with van der Waals surface area (Å²) in [6.07, 6.45) is 7.00. The third kappa shape index (κ3) is 1.34. The van der Waals surface area contributed by atoms with Gasteiger partial charge in [-0.2, -0.15) is 0 Å². The minimum absolute atomic E-state index is 0.336. The lowest BCUT2D eigenvalue weighted by Gasteiger charge is -2.20. The first-order valence-electron chi connectivity index (χ1n) is 6.05. The summed E-state index contributed by atoms with van der Waals surface area (Å²) >= 11 is 0. The van der Waals surface area contributed by atoms with Gasteiger partial charge >= 0.3 is 0 Å². The zero-order chi connectivity index (χ0) is 10.1. The van der Waals surface area contributed by atoms with Crippen LogP contribution in [0.5, 0.6) is 0 Å². The Labute approximate surface area is 86.6 Å². The molecular formula is C13H20O. The Balaban J connectivity index is 2.30. The number of hydrogen-bond donors (Lipinski definition) is 0. The van der Waals surface area contributed by atoms with Gasteiger partial charge in [-0.3, -0.25) is 4.79 Å². The normalized spacial score (nSPS) is 32.3. The van der Waals surface area contributed by atoms with E-state index in [4.69, 9.17) is 0 Å². The van der Waals surface area contributed by atoms with Gasteiger partial charge in [0.2, 0.25) is 0 Å². The molecule has 0 radical (unpaired) electrons. The maximum Gasteiger partial charge on any atom is 0.162 e. The van der Waals surface area contributed by atoms with Crippen LogP contribution in [0.1, 0.15) is 52.4 Å². The Hall–Kier alpha value is -0.590. The fourth-order valence-electron chi connectivity index (χ4n) is 3.27. The van der Waals surface area contributed by atoms with E-state index in [2.05, 4.69) is 13.8 Å². The highest BCUT2D eigenvalue weighted by molar-refractivity contribution is 6.01. The Kier molecular flexibility index (Phi) is 2.76. The minimum Gasteiger partial charge on any atom is -0.294 e. The monoisotopic (exact) mass is 192 g/mol. The van der Waals surface area contributed by atoms with E-state index in [1.807, 2.05) is 0 Å². The summed E-state index contributed by atoms with van der Waals surface area (Å²) in [4.78, 5) is 12.1. The molecule has 0 fully saturated rings. The highest BCUT2D eigenvalue weighted by Gasteiger charge is 2.39. The lowest BCUT2D eigenvalue weighted by molar-refractivity contribution is -0.119. The third-order valence-corrected chi connectivity index (χ3v) is 3.96. The topological polar surface area (TPSA) is 17.1 Å². The van der Waals surface area contributed by atoms with Crippen LogP contribution in [-0.4, -0.2) is 5.78 Å². The van der Waals surface area contributed by atoms with Crippen molar-refractivity contribution in [2.75, 3.05) is 0 Å². The largest absolute Gasteiger partial charge is 0.294 e. The first kappa shape index (κ1) is 9.95. The van der Waals surface area contributed by atoms with E-state index in [0.717, 1.165) is 19.3 Å². The van der Waals surface area contributed by atoms with Crippen molar-refractivity contribution in [3.05, 3.63) is 11.1 Å².